The summed E-state index contributed by atoms with van der Waals surface area (Å²) < 4.78 is 27.0. The highest BCUT2D eigenvalue weighted by Crippen LogP contribution is 2.22. The van der Waals surface area contributed by atoms with Crippen molar-refractivity contribution in [1.82, 2.24) is 24.7 Å². The minimum absolute atomic E-state index is 0.251. The molecule has 2 fully saturated rings. The van der Waals surface area contributed by atoms with Gasteiger partial charge in [-0.25, -0.2) is 8.42 Å². The predicted molar refractivity (Wildman–Crippen MR) is 79.3 cm³/mol. The molecule has 1 saturated carbocycles. The molecule has 0 unspecified atom stereocenters. The van der Waals surface area contributed by atoms with Gasteiger partial charge in [-0.2, -0.15) is 9.40 Å². The second-order valence-electron chi connectivity index (χ2n) is 5.72. The van der Waals surface area contributed by atoms with Gasteiger partial charge in [-0.3, -0.25) is 5.10 Å². The van der Waals surface area contributed by atoms with E-state index in [9.17, 15) is 8.42 Å². The third-order valence-corrected chi connectivity index (χ3v) is 6.13. The molecular formula is C13H23N5O2S. The fraction of sp³-hybridized carbons (Fsp3) is 0.769. The molecule has 2 N–H and O–H groups in total. The van der Waals surface area contributed by atoms with Crippen LogP contribution >= 0.6 is 0 Å². The first-order valence-electron chi connectivity index (χ1n) is 7.59. The second-order valence-corrected chi connectivity index (χ2v) is 7.59. The second kappa shape index (κ2) is 6.04. The predicted octanol–water partition coefficient (Wildman–Crippen LogP) is -0.0121. The molecule has 1 aromatic rings. The van der Waals surface area contributed by atoms with Crippen molar-refractivity contribution in [2.75, 3.05) is 32.7 Å². The van der Waals surface area contributed by atoms with Crippen molar-refractivity contribution in [3.8, 4) is 0 Å². The number of sulfonamides is 1. The van der Waals surface area contributed by atoms with E-state index in [1.165, 1.54) is 12.8 Å². The Kier molecular flexibility index (Phi) is 4.30. The molecule has 1 aromatic heterocycles. The molecule has 7 nitrogen and oxygen atoms in total. The molecule has 2 aliphatic rings. The van der Waals surface area contributed by atoms with Gasteiger partial charge in [0.15, 0.2) is 5.03 Å². The highest BCUT2D eigenvalue weighted by molar-refractivity contribution is 7.89. The van der Waals surface area contributed by atoms with E-state index < -0.39 is 10.0 Å². The Bertz CT molecular complexity index is 573. The average Bonchev–Trinajstić information content (AvgIpc) is 3.20. The molecule has 0 bridgehead atoms. The first kappa shape index (κ1) is 15.0. The summed E-state index contributed by atoms with van der Waals surface area (Å²) in [5, 5.41) is 10.2. The number of aromatic nitrogens is 2. The minimum atomic E-state index is -3.46. The van der Waals surface area contributed by atoms with Crippen LogP contribution in [0.3, 0.4) is 0 Å². The number of hydrogen-bond donors (Lipinski definition) is 2. The zero-order chi connectivity index (χ0) is 14.9. The molecule has 0 spiro atoms. The van der Waals surface area contributed by atoms with Crippen LogP contribution < -0.4 is 5.32 Å². The van der Waals surface area contributed by atoms with Crippen molar-refractivity contribution in [2.24, 2.45) is 0 Å². The molecule has 0 atom stereocenters. The molecule has 1 aliphatic heterocycles. The van der Waals surface area contributed by atoms with E-state index in [0.717, 1.165) is 25.2 Å². The number of nitrogens with one attached hydrogen (secondary N) is 2. The quantitative estimate of drug-likeness (QED) is 0.772. The third kappa shape index (κ3) is 3.28. The van der Waals surface area contributed by atoms with Gasteiger partial charge in [-0.05, 0) is 19.4 Å². The van der Waals surface area contributed by atoms with Crippen LogP contribution in [0, 0.1) is 0 Å². The molecule has 0 radical (unpaired) electrons. The van der Waals surface area contributed by atoms with E-state index in [4.69, 9.17) is 0 Å². The van der Waals surface area contributed by atoms with Gasteiger partial charge in [0.1, 0.15) is 0 Å². The largest absolute Gasteiger partial charge is 0.310 e. The maximum Gasteiger partial charge on any atom is 0.260 e. The molecule has 2 heterocycles. The van der Waals surface area contributed by atoms with Gasteiger partial charge >= 0.3 is 0 Å². The number of rotatable bonds is 6. The molecular weight excluding hydrogens is 290 g/mol. The van der Waals surface area contributed by atoms with Crippen LogP contribution in [0.4, 0.5) is 0 Å². The molecule has 21 heavy (non-hydrogen) atoms. The number of likely N-dealkylation sites (N-methyl/N-ethyl adjacent to an activating group) is 1. The lowest BCUT2D eigenvalue weighted by Gasteiger charge is -2.33. The van der Waals surface area contributed by atoms with E-state index in [0.29, 0.717) is 25.7 Å². The lowest BCUT2D eigenvalue weighted by atomic mass is 10.3. The van der Waals surface area contributed by atoms with Crippen LogP contribution in [0.2, 0.25) is 0 Å². The van der Waals surface area contributed by atoms with Gasteiger partial charge in [0.25, 0.3) is 10.0 Å². The van der Waals surface area contributed by atoms with Crippen LogP contribution in [0.5, 0.6) is 0 Å². The highest BCUT2D eigenvalue weighted by atomic mass is 32.2. The molecule has 0 aromatic carbocycles. The summed E-state index contributed by atoms with van der Waals surface area (Å²) in [6.07, 6.45) is 3.97. The number of nitrogens with zero attached hydrogens (tertiary/aromatic N) is 3. The van der Waals surface area contributed by atoms with Crippen LogP contribution in [0.25, 0.3) is 0 Å². The topological polar surface area (TPSA) is 81.3 Å². The zero-order valence-corrected chi connectivity index (χ0v) is 13.2. The van der Waals surface area contributed by atoms with Gasteiger partial charge in [0.05, 0.1) is 6.20 Å². The summed E-state index contributed by atoms with van der Waals surface area (Å²) in [5.41, 5.74) is 0.736. The number of H-pyrrole nitrogens is 1. The molecule has 0 amide bonds. The van der Waals surface area contributed by atoms with Crippen molar-refractivity contribution in [3.05, 3.63) is 11.8 Å². The zero-order valence-electron chi connectivity index (χ0n) is 12.4. The SMILES string of the molecule is CCN1CCN(S(=O)(=O)c2[nH]ncc2CNC2CC2)CC1. The summed E-state index contributed by atoms with van der Waals surface area (Å²) >= 11 is 0. The van der Waals surface area contributed by atoms with Crippen molar-refractivity contribution in [2.45, 2.75) is 37.4 Å². The number of aromatic amines is 1. The maximum absolute atomic E-state index is 12.7. The van der Waals surface area contributed by atoms with Crippen LogP contribution in [-0.2, 0) is 16.6 Å². The summed E-state index contributed by atoms with van der Waals surface area (Å²) in [6, 6.07) is 0.545. The van der Waals surface area contributed by atoms with E-state index in [-0.39, 0.29) is 5.03 Å². The summed E-state index contributed by atoms with van der Waals surface area (Å²) in [4.78, 5) is 2.26. The Morgan fingerprint density at radius 3 is 2.67 bits per heavy atom. The molecule has 1 aliphatic carbocycles. The molecule has 3 rings (SSSR count). The van der Waals surface area contributed by atoms with Gasteiger partial charge in [-0.1, -0.05) is 6.92 Å². The molecule has 118 valence electrons. The van der Waals surface area contributed by atoms with Crippen molar-refractivity contribution < 1.29 is 8.42 Å². The summed E-state index contributed by atoms with van der Waals surface area (Å²) in [6.45, 7) is 6.30. The lowest BCUT2D eigenvalue weighted by molar-refractivity contribution is 0.196. The summed E-state index contributed by atoms with van der Waals surface area (Å²) in [5.74, 6) is 0. The Morgan fingerprint density at radius 2 is 2.05 bits per heavy atom. The Morgan fingerprint density at radius 1 is 1.33 bits per heavy atom. The lowest BCUT2D eigenvalue weighted by Crippen LogP contribution is -2.48. The van der Waals surface area contributed by atoms with Crippen molar-refractivity contribution in [3.63, 3.8) is 0 Å². The van der Waals surface area contributed by atoms with Gasteiger partial charge < -0.3 is 10.2 Å². The van der Waals surface area contributed by atoms with Gasteiger partial charge in [0, 0.05) is 44.3 Å². The first-order chi connectivity index (χ1) is 10.1. The Hall–Kier alpha value is -0.960. The maximum atomic E-state index is 12.7. The highest BCUT2D eigenvalue weighted by Gasteiger charge is 2.31. The van der Waals surface area contributed by atoms with Gasteiger partial charge in [-0.15, -0.1) is 0 Å². The van der Waals surface area contributed by atoms with Gasteiger partial charge in [0.2, 0.25) is 0 Å². The summed E-state index contributed by atoms with van der Waals surface area (Å²) in [7, 11) is -3.46. The third-order valence-electron chi connectivity index (χ3n) is 4.21. The monoisotopic (exact) mass is 313 g/mol. The van der Waals surface area contributed by atoms with Crippen molar-refractivity contribution in [1.29, 1.82) is 0 Å². The number of piperazine rings is 1. The molecule has 8 heteroatoms. The normalized spacial score (nSPS) is 21.8. The van der Waals surface area contributed by atoms with Crippen LogP contribution in [0.15, 0.2) is 11.2 Å². The fourth-order valence-electron chi connectivity index (χ4n) is 2.61. The van der Waals surface area contributed by atoms with Crippen LogP contribution in [-0.4, -0.2) is 66.6 Å². The average molecular weight is 313 g/mol. The van der Waals surface area contributed by atoms with E-state index in [2.05, 4.69) is 27.3 Å². The smallest absolute Gasteiger partial charge is 0.260 e. The standard InChI is InChI=1S/C13H23N5O2S/c1-2-17-5-7-18(8-6-17)21(19,20)13-11(10-15-16-13)9-14-12-3-4-12/h10,12,14H,2-9H2,1H3,(H,15,16). The van der Waals surface area contributed by atoms with E-state index in [1.54, 1.807) is 10.5 Å². The Balaban J connectivity index is 1.70. The first-order valence-corrected chi connectivity index (χ1v) is 9.03. The minimum Gasteiger partial charge on any atom is -0.310 e. The van der Waals surface area contributed by atoms with Crippen LogP contribution in [0.1, 0.15) is 25.3 Å². The fourth-order valence-corrected chi connectivity index (χ4v) is 4.13. The number of hydrogen-bond acceptors (Lipinski definition) is 5. The van der Waals surface area contributed by atoms with Crippen molar-refractivity contribution >= 4 is 10.0 Å². The van der Waals surface area contributed by atoms with E-state index >= 15 is 0 Å². The molecule has 1 saturated heterocycles. The Labute approximate surface area is 125 Å². The van der Waals surface area contributed by atoms with E-state index in [1.807, 2.05) is 0 Å².